The molecule has 0 N–H and O–H groups in total. The number of hydrogen-bond acceptors (Lipinski definition) is 6. The molecule has 0 saturated heterocycles. The fourth-order valence-electron chi connectivity index (χ4n) is 3.60. The minimum Gasteiger partial charge on any atom is -0.497 e. The fraction of sp³-hybridized carbons (Fsp3) is 0.238. The van der Waals surface area contributed by atoms with Crippen molar-refractivity contribution in [1.82, 2.24) is 0 Å². The highest BCUT2D eigenvalue weighted by atomic mass is 16.5. The van der Waals surface area contributed by atoms with Gasteiger partial charge in [-0.15, -0.1) is 0 Å². The lowest BCUT2D eigenvalue weighted by Gasteiger charge is -2.31. The molecular formula is C21H18O6. The molecule has 6 nitrogen and oxygen atoms in total. The van der Waals surface area contributed by atoms with E-state index >= 15 is 0 Å². The van der Waals surface area contributed by atoms with Gasteiger partial charge in [-0.2, -0.15) is 0 Å². The first-order chi connectivity index (χ1) is 13.1. The van der Waals surface area contributed by atoms with Crippen molar-refractivity contribution in [3.63, 3.8) is 0 Å². The number of carbonyl (C=O) groups is 1. The number of ether oxygens (including phenoxy) is 3. The average molecular weight is 366 g/mol. The SMILES string of the molecule is COC(=O)[C@@H]1COc2c(c(=O)oc3ccccc23)[C@H]1c1ccc(OC)cc1. The van der Waals surface area contributed by atoms with E-state index in [0.29, 0.717) is 28.0 Å². The second-order valence-electron chi connectivity index (χ2n) is 6.32. The number of hydrogen-bond donors (Lipinski definition) is 0. The highest BCUT2D eigenvalue weighted by Gasteiger charge is 2.41. The van der Waals surface area contributed by atoms with Crippen LogP contribution in [0.2, 0.25) is 0 Å². The zero-order valence-corrected chi connectivity index (χ0v) is 14.9. The van der Waals surface area contributed by atoms with Crippen molar-refractivity contribution in [1.29, 1.82) is 0 Å². The van der Waals surface area contributed by atoms with Gasteiger partial charge in [-0.1, -0.05) is 24.3 Å². The van der Waals surface area contributed by atoms with Gasteiger partial charge in [0.25, 0.3) is 0 Å². The third kappa shape index (κ3) is 2.83. The van der Waals surface area contributed by atoms with Gasteiger partial charge in [0.15, 0.2) is 0 Å². The van der Waals surface area contributed by atoms with Crippen LogP contribution in [-0.4, -0.2) is 26.8 Å². The molecule has 0 fully saturated rings. The monoisotopic (exact) mass is 366 g/mol. The van der Waals surface area contributed by atoms with Crippen LogP contribution in [0.4, 0.5) is 0 Å². The summed E-state index contributed by atoms with van der Waals surface area (Å²) in [6, 6.07) is 14.4. The molecule has 0 bridgehead atoms. The molecule has 0 spiro atoms. The minimum absolute atomic E-state index is 0.115. The molecule has 1 aliphatic heterocycles. The lowest BCUT2D eigenvalue weighted by Crippen LogP contribution is -2.36. The van der Waals surface area contributed by atoms with Crippen LogP contribution in [0.15, 0.2) is 57.7 Å². The highest BCUT2D eigenvalue weighted by molar-refractivity contribution is 5.86. The number of benzene rings is 2. The van der Waals surface area contributed by atoms with Crippen molar-refractivity contribution < 1.29 is 23.4 Å². The summed E-state index contributed by atoms with van der Waals surface area (Å²) < 4.78 is 21.5. The van der Waals surface area contributed by atoms with Gasteiger partial charge >= 0.3 is 11.6 Å². The molecule has 2 atom stereocenters. The predicted molar refractivity (Wildman–Crippen MR) is 98.3 cm³/mol. The van der Waals surface area contributed by atoms with E-state index in [1.54, 1.807) is 31.4 Å². The van der Waals surface area contributed by atoms with E-state index in [0.717, 1.165) is 5.56 Å². The van der Waals surface area contributed by atoms with Crippen LogP contribution < -0.4 is 15.1 Å². The van der Waals surface area contributed by atoms with Crippen LogP contribution in [-0.2, 0) is 9.53 Å². The Kier molecular flexibility index (Phi) is 4.32. The number of methoxy groups -OCH3 is 2. The Morgan fingerprint density at radius 3 is 2.52 bits per heavy atom. The normalized spacial score (nSPS) is 18.4. The molecule has 3 aromatic rings. The Bertz CT molecular complexity index is 1050. The summed E-state index contributed by atoms with van der Waals surface area (Å²) in [6.07, 6.45) is 0. The number of para-hydroxylation sites is 1. The molecule has 0 saturated carbocycles. The standard InChI is InChI=1S/C21H18O6/c1-24-13-9-7-12(8-10-13)17-15(20(22)25-2)11-26-19-14-5-3-4-6-16(14)27-21(23)18(17)19/h3-10,15,17H,11H2,1-2H3/t15-,17+/m1/s1. The lowest BCUT2D eigenvalue weighted by atomic mass is 9.79. The molecule has 6 heteroatoms. The van der Waals surface area contributed by atoms with Crippen LogP contribution >= 0.6 is 0 Å². The molecule has 1 aromatic heterocycles. The highest BCUT2D eigenvalue weighted by Crippen LogP contribution is 2.43. The van der Waals surface area contributed by atoms with E-state index in [1.807, 2.05) is 24.3 Å². The van der Waals surface area contributed by atoms with E-state index in [2.05, 4.69) is 0 Å². The molecule has 4 rings (SSSR count). The Morgan fingerprint density at radius 1 is 1.07 bits per heavy atom. The van der Waals surface area contributed by atoms with Crippen molar-refractivity contribution in [2.75, 3.05) is 20.8 Å². The Hall–Kier alpha value is -3.28. The van der Waals surface area contributed by atoms with Gasteiger partial charge < -0.3 is 18.6 Å². The van der Waals surface area contributed by atoms with Crippen molar-refractivity contribution in [3.05, 3.63) is 70.1 Å². The van der Waals surface area contributed by atoms with Gasteiger partial charge in [-0.05, 0) is 29.8 Å². The zero-order valence-electron chi connectivity index (χ0n) is 14.9. The van der Waals surface area contributed by atoms with Crippen LogP contribution in [0.5, 0.6) is 11.5 Å². The molecule has 138 valence electrons. The maximum atomic E-state index is 12.8. The van der Waals surface area contributed by atoms with E-state index in [-0.39, 0.29) is 6.61 Å². The van der Waals surface area contributed by atoms with E-state index < -0.39 is 23.4 Å². The third-order valence-electron chi connectivity index (χ3n) is 4.90. The number of carbonyl (C=O) groups excluding carboxylic acids is 1. The van der Waals surface area contributed by atoms with Gasteiger partial charge in [0.2, 0.25) is 0 Å². The molecule has 0 radical (unpaired) electrons. The van der Waals surface area contributed by atoms with Crippen LogP contribution in [0, 0.1) is 5.92 Å². The Labute approximate surface area is 155 Å². The van der Waals surface area contributed by atoms with Gasteiger partial charge in [0.05, 0.1) is 25.2 Å². The largest absolute Gasteiger partial charge is 0.497 e. The Morgan fingerprint density at radius 2 is 1.81 bits per heavy atom. The molecular weight excluding hydrogens is 348 g/mol. The smallest absolute Gasteiger partial charge is 0.343 e. The molecule has 0 amide bonds. The molecule has 0 aliphatic carbocycles. The van der Waals surface area contributed by atoms with Crippen LogP contribution in [0.25, 0.3) is 11.0 Å². The van der Waals surface area contributed by atoms with Crippen molar-refractivity contribution in [2.24, 2.45) is 5.92 Å². The average Bonchev–Trinajstić information content (AvgIpc) is 2.72. The zero-order chi connectivity index (χ0) is 19.0. The summed E-state index contributed by atoms with van der Waals surface area (Å²) in [6.45, 7) is 0.115. The molecule has 1 aliphatic rings. The maximum absolute atomic E-state index is 12.8. The quantitative estimate of drug-likeness (QED) is 0.524. The summed E-state index contributed by atoms with van der Waals surface area (Å²) in [4.78, 5) is 25.2. The van der Waals surface area contributed by atoms with Gasteiger partial charge in [-0.25, -0.2) is 4.79 Å². The molecule has 0 unspecified atom stereocenters. The number of esters is 1. The van der Waals surface area contributed by atoms with Crippen molar-refractivity contribution in [2.45, 2.75) is 5.92 Å². The Balaban J connectivity index is 1.96. The summed E-state index contributed by atoms with van der Waals surface area (Å²) in [5, 5.41) is 0.703. The molecule has 27 heavy (non-hydrogen) atoms. The maximum Gasteiger partial charge on any atom is 0.343 e. The van der Waals surface area contributed by atoms with Crippen LogP contribution in [0.3, 0.4) is 0 Å². The van der Waals surface area contributed by atoms with E-state index in [1.165, 1.54) is 7.11 Å². The minimum atomic E-state index is -0.653. The third-order valence-corrected chi connectivity index (χ3v) is 4.90. The van der Waals surface area contributed by atoms with Crippen molar-refractivity contribution in [3.8, 4) is 11.5 Å². The van der Waals surface area contributed by atoms with E-state index in [4.69, 9.17) is 18.6 Å². The first-order valence-corrected chi connectivity index (χ1v) is 8.54. The predicted octanol–water partition coefficient (Wildman–Crippen LogP) is 3.12. The summed E-state index contributed by atoms with van der Waals surface area (Å²) in [7, 11) is 2.91. The summed E-state index contributed by atoms with van der Waals surface area (Å²) in [5.41, 5.74) is 1.06. The molecule has 2 heterocycles. The second-order valence-corrected chi connectivity index (χ2v) is 6.32. The first kappa shape index (κ1) is 17.1. The fourth-order valence-corrected chi connectivity index (χ4v) is 3.60. The number of fused-ring (bicyclic) bond motifs is 3. The van der Waals surface area contributed by atoms with Gasteiger partial charge in [0.1, 0.15) is 29.6 Å². The molecule has 2 aromatic carbocycles. The van der Waals surface area contributed by atoms with E-state index in [9.17, 15) is 9.59 Å². The van der Waals surface area contributed by atoms with Crippen molar-refractivity contribution >= 4 is 16.9 Å². The van der Waals surface area contributed by atoms with Gasteiger partial charge in [-0.3, -0.25) is 4.79 Å². The van der Waals surface area contributed by atoms with Gasteiger partial charge in [0, 0.05) is 5.92 Å². The number of rotatable bonds is 3. The van der Waals surface area contributed by atoms with Crippen LogP contribution in [0.1, 0.15) is 17.0 Å². The first-order valence-electron chi connectivity index (χ1n) is 8.54. The summed E-state index contributed by atoms with van der Waals surface area (Å²) >= 11 is 0. The second kappa shape index (κ2) is 6.79. The topological polar surface area (TPSA) is 75.0 Å². The summed E-state index contributed by atoms with van der Waals surface area (Å²) in [5.74, 6) is -0.476. The lowest BCUT2D eigenvalue weighted by molar-refractivity contribution is -0.147.